The van der Waals surface area contributed by atoms with Gasteiger partial charge in [-0.1, -0.05) is 12.1 Å². The molecule has 0 unspecified atom stereocenters. The molecule has 0 aliphatic heterocycles. The fourth-order valence-electron chi connectivity index (χ4n) is 1.31. The number of halogens is 1. The number of nitrogens with zero attached hydrogens (tertiary/aromatic N) is 2. The molecule has 4 heteroatoms. The average Bonchev–Trinajstić information content (AvgIpc) is 2.25. The quantitative estimate of drug-likeness (QED) is 0.809. The smallest absolute Gasteiger partial charge is 0.145 e. The van der Waals surface area contributed by atoms with E-state index in [1.807, 2.05) is 0 Å². The molecule has 0 atom stereocenters. The Morgan fingerprint density at radius 1 is 1.07 bits per heavy atom. The molecule has 2 rings (SSSR count). The normalized spacial score (nSPS) is 10.2. The van der Waals surface area contributed by atoms with Crippen LogP contribution in [-0.4, -0.2) is 9.97 Å². The molecular weight excluding hydrogens is 193 g/mol. The Labute approximate surface area is 86.8 Å². The lowest BCUT2D eigenvalue weighted by Crippen LogP contribution is -2.00. The summed E-state index contributed by atoms with van der Waals surface area (Å²) in [6, 6.07) is 6.26. The second kappa shape index (κ2) is 4.04. The number of hydrogen-bond donors (Lipinski definition) is 1. The van der Waals surface area contributed by atoms with Crippen LogP contribution in [0.5, 0.6) is 0 Å². The molecule has 0 fully saturated rings. The maximum absolute atomic E-state index is 12.7. The molecule has 0 saturated heterocycles. The van der Waals surface area contributed by atoms with Gasteiger partial charge in [0.05, 0.1) is 5.69 Å². The SMILES string of the molecule is Nc1nccnc1Cc1ccc(F)cc1. The number of rotatable bonds is 2. The van der Waals surface area contributed by atoms with E-state index in [0.717, 1.165) is 5.56 Å². The number of benzene rings is 1. The third-order valence-electron chi connectivity index (χ3n) is 2.09. The van der Waals surface area contributed by atoms with Gasteiger partial charge in [0.25, 0.3) is 0 Å². The second-order valence-corrected chi connectivity index (χ2v) is 3.19. The zero-order valence-corrected chi connectivity index (χ0v) is 8.02. The summed E-state index contributed by atoms with van der Waals surface area (Å²) in [7, 11) is 0. The predicted molar refractivity (Wildman–Crippen MR) is 55.7 cm³/mol. The van der Waals surface area contributed by atoms with Crippen molar-refractivity contribution in [3.8, 4) is 0 Å². The van der Waals surface area contributed by atoms with Gasteiger partial charge in [0, 0.05) is 18.8 Å². The van der Waals surface area contributed by atoms with Crippen LogP contribution in [0.25, 0.3) is 0 Å². The number of anilines is 1. The maximum atomic E-state index is 12.7. The number of nitrogens with two attached hydrogens (primary N) is 1. The van der Waals surface area contributed by atoms with Crippen LogP contribution in [0.2, 0.25) is 0 Å². The fourth-order valence-corrected chi connectivity index (χ4v) is 1.31. The fraction of sp³-hybridized carbons (Fsp3) is 0.0909. The molecule has 0 spiro atoms. The van der Waals surface area contributed by atoms with Gasteiger partial charge >= 0.3 is 0 Å². The van der Waals surface area contributed by atoms with Gasteiger partial charge in [-0.05, 0) is 17.7 Å². The predicted octanol–water partition coefficient (Wildman–Crippen LogP) is 1.79. The molecule has 0 aliphatic rings. The van der Waals surface area contributed by atoms with Crippen molar-refractivity contribution in [1.29, 1.82) is 0 Å². The molecule has 0 saturated carbocycles. The van der Waals surface area contributed by atoms with E-state index in [0.29, 0.717) is 17.9 Å². The van der Waals surface area contributed by atoms with Crippen molar-refractivity contribution >= 4 is 5.82 Å². The Morgan fingerprint density at radius 3 is 2.40 bits per heavy atom. The molecule has 0 bridgehead atoms. The molecule has 0 radical (unpaired) electrons. The van der Waals surface area contributed by atoms with Crippen LogP contribution in [0.3, 0.4) is 0 Å². The van der Waals surface area contributed by atoms with Crippen molar-refractivity contribution < 1.29 is 4.39 Å². The third kappa shape index (κ3) is 2.28. The molecule has 0 amide bonds. The maximum Gasteiger partial charge on any atom is 0.145 e. The third-order valence-corrected chi connectivity index (χ3v) is 2.09. The minimum atomic E-state index is -0.245. The van der Waals surface area contributed by atoms with Gasteiger partial charge in [-0.15, -0.1) is 0 Å². The van der Waals surface area contributed by atoms with E-state index in [1.54, 1.807) is 24.5 Å². The van der Waals surface area contributed by atoms with Gasteiger partial charge in [0.15, 0.2) is 0 Å². The minimum Gasteiger partial charge on any atom is -0.382 e. The van der Waals surface area contributed by atoms with Crippen LogP contribution >= 0.6 is 0 Å². The zero-order chi connectivity index (χ0) is 10.7. The molecule has 15 heavy (non-hydrogen) atoms. The zero-order valence-electron chi connectivity index (χ0n) is 8.02. The molecular formula is C11H10FN3. The average molecular weight is 203 g/mol. The summed E-state index contributed by atoms with van der Waals surface area (Å²) in [5, 5.41) is 0. The summed E-state index contributed by atoms with van der Waals surface area (Å²) in [5.74, 6) is 0.174. The highest BCUT2D eigenvalue weighted by Gasteiger charge is 2.02. The first kappa shape index (κ1) is 9.58. The lowest BCUT2D eigenvalue weighted by molar-refractivity contribution is 0.627. The Balaban J connectivity index is 2.22. The van der Waals surface area contributed by atoms with E-state index in [9.17, 15) is 4.39 Å². The van der Waals surface area contributed by atoms with Gasteiger partial charge in [0.1, 0.15) is 11.6 Å². The molecule has 3 nitrogen and oxygen atoms in total. The van der Waals surface area contributed by atoms with Crippen molar-refractivity contribution in [3.05, 3.63) is 53.7 Å². The van der Waals surface area contributed by atoms with Crippen molar-refractivity contribution in [2.75, 3.05) is 5.73 Å². The first-order valence-electron chi connectivity index (χ1n) is 4.55. The van der Waals surface area contributed by atoms with E-state index >= 15 is 0 Å². The van der Waals surface area contributed by atoms with E-state index in [2.05, 4.69) is 9.97 Å². The van der Waals surface area contributed by atoms with Crippen LogP contribution < -0.4 is 5.73 Å². The number of hydrogen-bond acceptors (Lipinski definition) is 3. The van der Waals surface area contributed by atoms with Gasteiger partial charge in [-0.25, -0.2) is 9.37 Å². The summed E-state index contributed by atoms with van der Waals surface area (Å²) in [5.41, 5.74) is 7.32. The summed E-state index contributed by atoms with van der Waals surface area (Å²) in [6.07, 6.45) is 3.71. The van der Waals surface area contributed by atoms with Crippen LogP contribution in [0.1, 0.15) is 11.3 Å². The number of aromatic nitrogens is 2. The van der Waals surface area contributed by atoms with Crippen LogP contribution in [0.15, 0.2) is 36.7 Å². The summed E-state index contributed by atoms with van der Waals surface area (Å²) in [4.78, 5) is 8.05. The summed E-state index contributed by atoms with van der Waals surface area (Å²) in [6.45, 7) is 0. The molecule has 0 aliphatic carbocycles. The van der Waals surface area contributed by atoms with Crippen molar-refractivity contribution in [3.63, 3.8) is 0 Å². The largest absolute Gasteiger partial charge is 0.382 e. The van der Waals surface area contributed by atoms with Crippen LogP contribution in [0.4, 0.5) is 10.2 Å². The summed E-state index contributed by atoms with van der Waals surface area (Å²) >= 11 is 0. The van der Waals surface area contributed by atoms with E-state index in [1.165, 1.54) is 12.1 Å². The minimum absolute atomic E-state index is 0.245. The van der Waals surface area contributed by atoms with Crippen molar-refractivity contribution in [2.24, 2.45) is 0 Å². The highest BCUT2D eigenvalue weighted by atomic mass is 19.1. The van der Waals surface area contributed by atoms with E-state index < -0.39 is 0 Å². The van der Waals surface area contributed by atoms with E-state index in [-0.39, 0.29) is 5.82 Å². The molecule has 2 aromatic rings. The van der Waals surface area contributed by atoms with E-state index in [4.69, 9.17) is 5.73 Å². The lowest BCUT2D eigenvalue weighted by atomic mass is 10.1. The van der Waals surface area contributed by atoms with Crippen molar-refractivity contribution in [2.45, 2.75) is 6.42 Å². The Morgan fingerprint density at radius 2 is 1.73 bits per heavy atom. The Bertz CT molecular complexity index is 454. The summed E-state index contributed by atoms with van der Waals surface area (Å²) < 4.78 is 12.7. The number of nitrogen functional groups attached to an aromatic ring is 1. The molecule has 1 heterocycles. The standard InChI is InChI=1S/C11H10FN3/c12-9-3-1-8(2-4-9)7-10-11(13)15-6-5-14-10/h1-6H,7H2,(H2,13,15). The lowest BCUT2D eigenvalue weighted by Gasteiger charge is -2.02. The first-order valence-corrected chi connectivity index (χ1v) is 4.55. The molecule has 76 valence electrons. The molecule has 2 N–H and O–H groups in total. The van der Waals surface area contributed by atoms with Gasteiger partial charge in [-0.3, -0.25) is 4.98 Å². The first-order chi connectivity index (χ1) is 7.25. The monoisotopic (exact) mass is 203 g/mol. The highest BCUT2D eigenvalue weighted by Crippen LogP contribution is 2.11. The Kier molecular flexibility index (Phi) is 2.58. The highest BCUT2D eigenvalue weighted by molar-refractivity contribution is 5.36. The molecule has 1 aromatic heterocycles. The Hall–Kier alpha value is -1.97. The van der Waals surface area contributed by atoms with Gasteiger partial charge in [0.2, 0.25) is 0 Å². The second-order valence-electron chi connectivity index (χ2n) is 3.19. The molecule has 1 aromatic carbocycles. The van der Waals surface area contributed by atoms with Gasteiger partial charge < -0.3 is 5.73 Å². The van der Waals surface area contributed by atoms with Crippen LogP contribution in [0, 0.1) is 5.82 Å². The topological polar surface area (TPSA) is 51.8 Å². The van der Waals surface area contributed by atoms with Crippen molar-refractivity contribution in [1.82, 2.24) is 9.97 Å². The van der Waals surface area contributed by atoms with Gasteiger partial charge in [-0.2, -0.15) is 0 Å². The van der Waals surface area contributed by atoms with Crippen LogP contribution in [-0.2, 0) is 6.42 Å².